The van der Waals surface area contributed by atoms with E-state index in [0.29, 0.717) is 0 Å². The predicted octanol–water partition coefficient (Wildman–Crippen LogP) is 2.52. The molecule has 4 nitrogen and oxygen atoms in total. The van der Waals surface area contributed by atoms with Gasteiger partial charge in [-0.05, 0) is 68.9 Å². The molecule has 0 aromatic heterocycles. The van der Waals surface area contributed by atoms with Crippen molar-refractivity contribution in [2.24, 2.45) is 5.92 Å². The highest BCUT2D eigenvalue weighted by Crippen LogP contribution is 2.22. The van der Waals surface area contributed by atoms with Crippen LogP contribution in [-0.2, 0) is 16.0 Å². The maximum atomic E-state index is 11.4. The van der Waals surface area contributed by atoms with Crippen LogP contribution < -0.4 is 0 Å². The van der Waals surface area contributed by atoms with Gasteiger partial charge in [0.05, 0.1) is 7.11 Å². The third-order valence-corrected chi connectivity index (χ3v) is 4.63. The van der Waals surface area contributed by atoms with E-state index >= 15 is 0 Å². The molecule has 5 heteroatoms. The minimum atomic E-state index is -0.971. The molecule has 0 amide bonds. The minimum Gasteiger partial charge on any atom is -0.467 e. The molecular formula is C17H24ClNO3. The van der Waals surface area contributed by atoms with Gasteiger partial charge in [-0.15, -0.1) is 0 Å². The first-order chi connectivity index (χ1) is 10.6. The van der Waals surface area contributed by atoms with E-state index in [4.69, 9.17) is 11.6 Å². The summed E-state index contributed by atoms with van der Waals surface area (Å²) in [5, 5.41) is 10.6. The smallest absolute Gasteiger partial charge is 0.334 e. The van der Waals surface area contributed by atoms with Gasteiger partial charge in [-0.25, -0.2) is 4.79 Å². The Balaban J connectivity index is 1.67. The van der Waals surface area contributed by atoms with E-state index in [1.54, 1.807) is 0 Å². The zero-order valence-corrected chi connectivity index (χ0v) is 13.8. The number of aliphatic hydroxyl groups excluding tert-OH is 1. The fraction of sp³-hybridized carbons (Fsp3) is 0.588. The van der Waals surface area contributed by atoms with Crippen LogP contribution in [0.25, 0.3) is 0 Å². The number of carbonyl (C=O) groups is 1. The molecule has 0 bridgehead atoms. The van der Waals surface area contributed by atoms with E-state index in [1.165, 1.54) is 12.7 Å². The highest BCUT2D eigenvalue weighted by atomic mass is 35.5. The van der Waals surface area contributed by atoms with Gasteiger partial charge in [0.1, 0.15) is 0 Å². The second kappa shape index (κ2) is 8.51. The van der Waals surface area contributed by atoms with Gasteiger partial charge in [-0.1, -0.05) is 23.7 Å². The summed E-state index contributed by atoms with van der Waals surface area (Å²) in [6.45, 7) is 2.91. The Morgan fingerprint density at radius 2 is 2.00 bits per heavy atom. The molecule has 1 saturated heterocycles. The van der Waals surface area contributed by atoms with Gasteiger partial charge >= 0.3 is 5.97 Å². The van der Waals surface area contributed by atoms with Crippen LogP contribution in [-0.4, -0.2) is 48.8 Å². The molecule has 0 saturated carbocycles. The zero-order valence-electron chi connectivity index (χ0n) is 13.0. The van der Waals surface area contributed by atoms with Crippen molar-refractivity contribution in [3.63, 3.8) is 0 Å². The number of nitrogens with zero attached hydrogens (tertiary/aromatic N) is 1. The van der Waals surface area contributed by atoms with Crippen LogP contribution in [0.15, 0.2) is 24.3 Å². The second-order valence-corrected chi connectivity index (χ2v) is 6.31. The molecule has 1 aliphatic heterocycles. The lowest BCUT2D eigenvalue weighted by Gasteiger charge is -2.33. The number of aliphatic hydroxyl groups is 1. The van der Waals surface area contributed by atoms with Crippen molar-refractivity contribution in [2.45, 2.75) is 31.8 Å². The first-order valence-corrected chi connectivity index (χ1v) is 8.20. The Labute approximate surface area is 137 Å². The van der Waals surface area contributed by atoms with Crippen molar-refractivity contribution < 1.29 is 14.6 Å². The van der Waals surface area contributed by atoms with Crippen LogP contribution in [0.4, 0.5) is 0 Å². The van der Waals surface area contributed by atoms with Crippen LogP contribution in [0.1, 0.15) is 24.8 Å². The van der Waals surface area contributed by atoms with E-state index in [9.17, 15) is 9.90 Å². The SMILES string of the molecule is COC(=O)C(O)C1CCN(CCCc2ccc(Cl)cc2)CC1. The molecule has 0 spiro atoms. The van der Waals surface area contributed by atoms with E-state index in [-0.39, 0.29) is 5.92 Å². The first-order valence-electron chi connectivity index (χ1n) is 7.83. The van der Waals surface area contributed by atoms with Crippen molar-refractivity contribution in [3.8, 4) is 0 Å². The fourth-order valence-corrected chi connectivity index (χ4v) is 3.09. The van der Waals surface area contributed by atoms with Gasteiger partial charge in [0, 0.05) is 5.02 Å². The zero-order chi connectivity index (χ0) is 15.9. The topological polar surface area (TPSA) is 49.8 Å². The minimum absolute atomic E-state index is 0.0277. The lowest BCUT2D eigenvalue weighted by molar-refractivity contribution is -0.154. The monoisotopic (exact) mass is 325 g/mol. The molecule has 0 aliphatic carbocycles. The highest BCUT2D eigenvalue weighted by molar-refractivity contribution is 6.30. The van der Waals surface area contributed by atoms with Crippen LogP contribution in [0, 0.1) is 5.92 Å². The summed E-state index contributed by atoms with van der Waals surface area (Å²) in [7, 11) is 1.32. The predicted molar refractivity (Wildman–Crippen MR) is 87.0 cm³/mol. The summed E-state index contributed by atoms with van der Waals surface area (Å²) in [5.74, 6) is -0.485. The number of halogens is 1. The molecule has 1 N–H and O–H groups in total. The summed E-state index contributed by atoms with van der Waals surface area (Å²) in [6, 6.07) is 8.00. The van der Waals surface area contributed by atoms with E-state index in [0.717, 1.165) is 50.3 Å². The maximum Gasteiger partial charge on any atom is 0.334 e. The van der Waals surface area contributed by atoms with Crippen LogP contribution >= 0.6 is 11.6 Å². The van der Waals surface area contributed by atoms with Crippen LogP contribution in [0.2, 0.25) is 5.02 Å². The average molecular weight is 326 g/mol. The number of benzene rings is 1. The third-order valence-electron chi connectivity index (χ3n) is 4.37. The normalized spacial score (nSPS) is 18.1. The Hall–Kier alpha value is -1.10. The number of rotatable bonds is 6. The van der Waals surface area contributed by atoms with Gasteiger partial charge in [0.2, 0.25) is 0 Å². The Bertz CT molecular complexity index is 469. The van der Waals surface area contributed by atoms with Crippen LogP contribution in [0.5, 0.6) is 0 Å². The van der Waals surface area contributed by atoms with Gasteiger partial charge in [0.25, 0.3) is 0 Å². The Morgan fingerprint density at radius 3 is 2.59 bits per heavy atom. The maximum absolute atomic E-state index is 11.4. The number of hydrogen-bond donors (Lipinski definition) is 1. The molecule has 1 aromatic rings. The third kappa shape index (κ3) is 4.97. The van der Waals surface area contributed by atoms with E-state index in [2.05, 4.69) is 21.8 Å². The molecule has 22 heavy (non-hydrogen) atoms. The summed E-state index contributed by atoms with van der Waals surface area (Å²) in [6.07, 6.45) is 2.86. The number of ether oxygens (including phenoxy) is 1. The number of likely N-dealkylation sites (tertiary alicyclic amines) is 1. The first kappa shape index (κ1) is 17.3. The van der Waals surface area contributed by atoms with Crippen LogP contribution in [0.3, 0.4) is 0 Å². The Kier molecular flexibility index (Phi) is 6.68. The molecule has 1 unspecified atom stereocenters. The number of piperidine rings is 1. The number of carbonyl (C=O) groups excluding carboxylic acids is 1. The molecular weight excluding hydrogens is 302 g/mol. The molecule has 1 heterocycles. The lowest BCUT2D eigenvalue weighted by atomic mass is 9.91. The quantitative estimate of drug-likeness (QED) is 0.817. The van der Waals surface area contributed by atoms with Gasteiger partial charge < -0.3 is 14.7 Å². The standard InChI is InChI=1S/C17H24ClNO3/c1-22-17(21)16(20)14-8-11-19(12-9-14)10-2-3-13-4-6-15(18)7-5-13/h4-7,14,16,20H,2-3,8-12H2,1H3. The molecule has 2 rings (SSSR count). The molecule has 1 aliphatic rings. The van der Waals surface area contributed by atoms with E-state index < -0.39 is 12.1 Å². The largest absolute Gasteiger partial charge is 0.467 e. The molecule has 1 fully saturated rings. The van der Waals surface area contributed by atoms with Crippen molar-refractivity contribution in [3.05, 3.63) is 34.9 Å². The van der Waals surface area contributed by atoms with Crippen molar-refractivity contribution >= 4 is 17.6 Å². The number of esters is 1. The molecule has 1 aromatic carbocycles. The van der Waals surface area contributed by atoms with Crippen molar-refractivity contribution in [1.82, 2.24) is 4.90 Å². The highest BCUT2D eigenvalue weighted by Gasteiger charge is 2.30. The second-order valence-electron chi connectivity index (χ2n) is 5.88. The summed E-state index contributed by atoms with van der Waals surface area (Å²) >= 11 is 5.88. The van der Waals surface area contributed by atoms with Gasteiger partial charge in [0.15, 0.2) is 6.10 Å². The fourth-order valence-electron chi connectivity index (χ4n) is 2.96. The average Bonchev–Trinajstić information content (AvgIpc) is 2.56. The van der Waals surface area contributed by atoms with E-state index in [1.807, 2.05) is 12.1 Å². The lowest BCUT2D eigenvalue weighted by Crippen LogP contribution is -2.41. The summed E-state index contributed by atoms with van der Waals surface area (Å²) < 4.78 is 4.60. The number of methoxy groups -OCH3 is 1. The number of aryl methyl sites for hydroxylation is 1. The van der Waals surface area contributed by atoms with Gasteiger partial charge in [-0.2, -0.15) is 0 Å². The van der Waals surface area contributed by atoms with Gasteiger partial charge in [-0.3, -0.25) is 0 Å². The molecule has 1 atom stereocenters. The Morgan fingerprint density at radius 1 is 1.36 bits per heavy atom. The summed E-state index contributed by atoms with van der Waals surface area (Å²) in [4.78, 5) is 13.7. The number of hydrogen-bond acceptors (Lipinski definition) is 4. The van der Waals surface area contributed by atoms with Crippen molar-refractivity contribution in [2.75, 3.05) is 26.7 Å². The molecule has 122 valence electrons. The summed E-state index contributed by atoms with van der Waals surface area (Å²) in [5.41, 5.74) is 1.31. The molecule has 0 radical (unpaired) electrons. The van der Waals surface area contributed by atoms with Crippen molar-refractivity contribution in [1.29, 1.82) is 0 Å².